The molecule has 1 heterocycles. The minimum atomic E-state index is -1.30. The Morgan fingerprint density at radius 1 is 1.07 bits per heavy atom. The van der Waals surface area contributed by atoms with Crippen molar-refractivity contribution in [1.29, 1.82) is 0 Å². The third kappa shape index (κ3) is 8.82. The molecule has 0 aliphatic rings. The number of amides is 1. The lowest BCUT2D eigenvalue weighted by molar-refractivity contribution is -0.121. The number of ether oxygens (including phenoxy) is 1. The van der Waals surface area contributed by atoms with E-state index in [1.807, 2.05) is 19.9 Å². The Kier molecular flexibility index (Phi) is 11.1. The number of rotatable bonds is 13. The Bertz CT molecular complexity index is 1550. The van der Waals surface area contributed by atoms with Crippen LogP contribution in [0.2, 0.25) is 0 Å². The number of aromatic carboxylic acids is 1. The van der Waals surface area contributed by atoms with E-state index in [4.69, 9.17) is 4.74 Å². The maximum Gasteiger partial charge on any atom is 0.340 e. The number of unbranched alkanes of at least 4 members (excludes halogenated alkanes) is 1. The molecule has 0 aliphatic heterocycles. The van der Waals surface area contributed by atoms with Crippen LogP contribution in [0, 0.1) is 5.82 Å². The first-order valence-electron chi connectivity index (χ1n) is 13.4. The van der Waals surface area contributed by atoms with Crippen molar-refractivity contribution in [1.82, 2.24) is 9.88 Å². The minimum Gasteiger partial charge on any atom is -0.507 e. The molecule has 1 aromatic heterocycles. The van der Waals surface area contributed by atoms with E-state index in [2.05, 4.69) is 5.32 Å². The quantitative estimate of drug-likeness (QED) is 0.125. The highest BCUT2D eigenvalue weighted by Gasteiger charge is 2.22. The number of allylic oxidation sites excluding steroid dienone is 2. The summed E-state index contributed by atoms with van der Waals surface area (Å²) >= 11 is 0. The number of aryl methyl sites for hydroxylation is 1. The van der Waals surface area contributed by atoms with Gasteiger partial charge in [0.05, 0.1) is 13.2 Å². The molecule has 2 aromatic carbocycles. The maximum atomic E-state index is 13.3. The topological polar surface area (TPSA) is 138 Å². The second-order valence-electron chi connectivity index (χ2n) is 10.0. The predicted octanol–water partition coefficient (Wildman–Crippen LogP) is 5.18. The summed E-state index contributed by atoms with van der Waals surface area (Å²) in [5.74, 6) is -2.33. The van der Waals surface area contributed by atoms with Crippen molar-refractivity contribution in [3.05, 3.63) is 98.2 Å². The van der Waals surface area contributed by atoms with Crippen LogP contribution in [0.4, 0.5) is 4.39 Å². The summed E-state index contributed by atoms with van der Waals surface area (Å²) < 4.78 is 20.8. The average Bonchev–Trinajstić information content (AvgIpc) is 2.92. The summed E-state index contributed by atoms with van der Waals surface area (Å²) in [5, 5.41) is 33.1. The molecule has 3 aromatic rings. The summed E-state index contributed by atoms with van der Waals surface area (Å²) in [6.07, 6.45) is 7.78. The number of hydrogen-bond donors (Lipinski definition) is 4. The van der Waals surface area contributed by atoms with E-state index in [9.17, 15) is 34.1 Å². The molecule has 9 nitrogen and oxygen atoms in total. The van der Waals surface area contributed by atoms with Crippen LogP contribution in [0.3, 0.4) is 0 Å². The van der Waals surface area contributed by atoms with Gasteiger partial charge in [-0.3, -0.25) is 9.59 Å². The highest BCUT2D eigenvalue weighted by molar-refractivity contribution is 5.97. The molecule has 0 bridgehead atoms. The van der Waals surface area contributed by atoms with Gasteiger partial charge in [0, 0.05) is 37.0 Å². The second-order valence-corrected chi connectivity index (χ2v) is 10.0. The van der Waals surface area contributed by atoms with Gasteiger partial charge in [0.1, 0.15) is 22.9 Å². The predicted molar refractivity (Wildman–Crippen MR) is 158 cm³/mol. The van der Waals surface area contributed by atoms with E-state index >= 15 is 0 Å². The van der Waals surface area contributed by atoms with Crippen molar-refractivity contribution in [3.63, 3.8) is 0 Å². The van der Waals surface area contributed by atoms with Crippen LogP contribution in [0.1, 0.15) is 65.9 Å². The number of hydrogen-bond acceptors (Lipinski definition) is 6. The normalized spacial score (nSPS) is 11.0. The fourth-order valence-electron chi connectivity index (χ4n) is 4.13. The lowest BCUT2D eigenvalue weighted by Gasteiger charge is -2.16. The number of pyridine rings is 1. The summed E-state index contributed by atoms with van der Waals surface area (Å²) in [5.41, 5.74) is 1.96. The Labute approximate surface area is 243 Å². The minimum absolute atomic E-state index is 0.137. The first kappa shape index (κ1) is 31.7. The lowest BCUT2D eigenvalue weighted by atomic mass is 9.97. The zero-order valence-electron chi connectivity index (χ0n) is 23.8. The molecular formula is C32H35FN2O7. The Morgan fingerprint density at radius 3 is 2.45 bits per heavy atom. The number of aromatic hydroxyl groups is 2. The number of halogens is 1. The smallest absolute Gasteiger partial charge is 0.340 e. The zero-order valence-corrected chi connectivity index (χ0v) is 23.8. The summed E-state index contributed by atoms with van der Waals surface area (Å²) in [6.45, 7) is 4.14. The molecule has 4 N–H and O–H groups in total. The molecule has 3 rings (SSSR count). The molecule has 1 amide bonds. The van der Waals surface area contributed by atoms with Crippen LogP contribution in [0.5, 0.6) is 17.2 Å². The van der Waals surface area contributed by atoms with Crippen LogP contribution in [-0.2, 0) is 24.8 Å². The molecule has 42 heavy (non-hydrogen) atoms. The molecule has 0 spiro atoms. The fourth-order valence-corrected chi connectivity index (χ4v) is 4.13. The van der Waals surface area contributed by atoms with E-state index in [-0.39, 0.29) is 54.5 Å². The number of carboxylic acids is 1. The largest absolute Gasteiger partial charge is 0.507 e. The van der Waals surface area contributed by atoms with Gasteiger partial charge >= 0.3 is 5.97 Å². The molecule has 10 heteroatoms. The van der Waals surface area contributed by atoms with Crippen molar-refractivity contribution in [2.24, 2.45) is 7.05 Å². The average molecular weight is 579 g/mol. The van der Waals surface area contributed by atoms with Gasteiger partial charge in [-0.15, -0.1) is 0 Å². The molecule has 222 valence electrons. The molecule has 0 saturated heterocycles. The van der Waals surface area contributed by atoms with Crippen LogP contribution in [0.25, 0.3) is 12.2 Å². The molecular weight excluding hydrogens is 543 g/mol. The number of phenols is 1. The monoisotopic (exact) mass is 578 g/mol. The zero-order chi connectivity index (χ0) is 30.8. The van der Waals surface area contributed by atoms with Gasteiger partial charge in [-0.2, -0.15) is 0 Å². The van der Waals surface area contributed by atoms with Gasteiger partial charge < -0.3 is 29.9 Å². The third-order valence-corrected chi connectivity index (χ3v) is 6.49. The van der Waals surface area contributed by atoms with Crippen molar-refractivity contribution >= 4 is 24.0 Å². The van der Waals surface area contributed by atoms with Gasteiger partial charge in [0.2, 0.25) is 11.3 Å². The Hall–Kier alpha value is -4.86. The summed E-state index contributed by atoms with van der Waals surface area (Å²) in [7, 11) is 1.66. The van der Waals surface area contributed by atoms with Crippen LogP contribution >= 0.6 is 0 Å². The van der Waals surface area contributed by atoms with Gasteiger partial charge in [-0.05, 0) is 62.4 Å². The summed E-state index contributed by atoms with van der Waals surface area (Å²) in [6, 6.07) is 8.52. The first-order valence-corrected chi connectivity index (χ1v) is 13.4. The number of aromatic nitrogens is 1. The molecule has 0 fully saturated rings. The van der Waals surface area contributed by atoms with Crippen LogP contribution in [0.15, 0.2) is 59.0 Å². The van der Waals surface area contributed by atoms with Gasteiger partial charge in [0.15, 0.2) is 5.75 Å². The van der Waals surface area contributed by atoms with E-state index in [0.717, 1.165) is 5.57 Å². The summed E-state index contributed by atoms with van der Waals surface area (Å²) in [4.78, 5) is 36.0. The van der Waals surface area contributed by atoms with Gasteiger partial charge in [-0.1, -0.05) is 35.9 Å². The SMILES string of the molecule is CC(C)=CCc1c(OCCCCC(=O)NCc2cc(=O)c(O)cn2C)cc(/C=C/c2ccc(F)cc2)c(C(=O)O)c1O. The highest BCUT2D eigenvalue weighted by Crippen LogP contribution is 2.36. The molecule has 0 saturated carbocycles. The third-order valence-electron chi connectivity index (χ3n) is 6.49. The number of nitrogens with zero attached hydrogens (tertiary/aromatic N) is 1. The van der Waals surface area contributed by atoms with Crippen molar-refractivity contribution in [3.8, 4) is 17.2 Å². The highest BCUT2D eigenvalue weighted by atomic mass is 19.1. The number of carbonyl (C=O) groups excluding carboxylic acids is 1. The Balaban J connectivity index is 1.69. The number of benzene rings is 2. The van der Waals surface area contributed by atoms with Gasteiger partial charge in [0.25, 0.3) is 0 Å². The fraction of sp³-hybridized carbons (Fsp3) is 0.281. The molecule has 0 aliphatic carbocycles. The van der Waals surface area contributed by atoms with E-state index in [1.165, 1.54) is 30.5 Å². The van der Waals surface area contributed by atoms with E-state index in [0.29, 0.717) is 35.4 Å². The first-order chi connectivity index (χ1) is 20.0. The van der Waals surface area contributed by atoms with E-state index in [1.54, 1.807) is 35.9 Å². The number of carbonyl (C=O) groups is 2. The molecule has 0 atom stereocenters. The Morgan fingerprint density at radius 2 is 1.79 bits per heavy atom. The molecule has 0 radical (unpaired) electrons. The van der Waals surface area contributed by atoms with Crippen LogP contribution < -0.4 is 15.5 Å². The lowest BCUT2D eigenvalue weighted by Crippen LogP contribution is -2.25. The molecule has 0 unspecified atom stereocenters. The van der Waals surface area contributed by atoms with Crippen molar-refractivity contribution < 1.29 is 34.0 Å². The maximum absolute atomic E-state index is 13.3. The second kappa shape index (κ2) is 14.7. The van der Waals surface area contributed by atoms with E-state index < -0.39 is 17.2 Å². The van der Waals surface area contributed by atoms with Gasteiger partial charge in [-0.25, -0.2) is 9.18 Å². The van der Waals surface area contributed by atoms with Crippen molar-refractivity contribution in [2.75, 3.05) is 6.61 Å². The van der Waals surface area contributed by atoms with Crippen LogP contribution in [-0.4, -0.2) is 38.4 Å². The van der Waals surface area contributed by atoms with Crippen molar-refractivity contribution in [2.45, 2.75) is 46.1 Å². The number of carboxylic acid groups (broad SMARTS) is 1. The standard InChI is InChI=1S/C32H35FN2O7/c1-20(2)7-14-25-28(16-22(30(31(25)39)32(40)41)11-8-21-9-12-23(33)13-10-21)42-15-5-4-6-29(38)34-18-24-17-26(36)27(37)19-35(24)3/h7-13,16-17,19,37,39H,4-6,14-15,18H2,1-3H3,(H,34,38)(H,40,41)/b11-8+. The number of nitrogens with one attached hydrogen (secondary N) is 1.